The first-order valence-electron chi connectivity index (χ1n) is 11.8. The largest absolute Gasteiger partial charge is 0.416 e. The second-order valence-electron chi connectivity index (χ2n) is 9.48. The highest BCUT2D eigenvalue weighted by atomic mass is 19.4. The third kappa shape index (κ3) is 5.28. The fourth-order valence-corrected chi connectivity index (χ4v) is 4.81. The number of carbonyl (C=O) groups is 1. The number of rotatable bonds is 4. The number of nitrogens with zero attached hydrogens (tertiary/aromatic N) is 2. The molecule has 1 heterocycles. The Morgan fingerprint density at radius 1 is 0.795 bits per heavy atom. The summed E-state index contributed by atoms with van der Waals surface area (Å²) < 4.78 is 81.4. The summed E-state index contributed by atoms with van der Waals surface area (Å²) in [6, 6.07) is 13.5. The molecule has 0 aliphatic heterocycles. The molecular formula is C29H24F6N2O2. The lowest BCUT2D eigenvalue weighted by molar-refractivity contribution is -0.143. The molecule has 39 heavy (non-hydrogen) atoms. The Labute approximate surface area is 220 Å². The predicted molar refractivity (Wildman–Crippen MR) is 136 cm³/mol. The first kappa shape index (κ1) is 27.9. The quantitative estimate of drug-likeness (QED) is 0.256. The summed E-state index contributed by atoms with van der Waals surface area (Å²) in [6.45, 7) is 3.14. The van der Waals surface area contributed by atoms with E-state index >= 15 is 0 Å². The molecule has 0 aliphatic carbocycles. The van der Waals surface area contributed by atoms with Gasteiger partial charge in [-0.25, -0.2) is 0 Å². The van der Waals surface area contributed by atoms with E-state index in [0.717, 1.165) is 16.0 Å². The molecule has 0 atom stereocenters. The van der Waals surface area contributed by atoms with Gasteiger partial charge in [0.25, 0.3) is 11.5 Å². The van der Waals surface area contributed by atoms with Gasteiger partial charge >= 0.3 is 12.4 Å². The summed E-state index contributed by atoms with van der Waals surface area (Å²) >= 11 is 0. The van der Waals surface area contributed by atoms with E-state index in [4.69, 9.17) is 0 Å². The molecule has 4 aromatic rings. The summed E-state index contributed by atoms with van der Waals surface area (Å²) in [7, 11) is 2.68. The molecule has 0 spiro atoms. The molecule has 1 amide bonds. The molecule has 0 unspecified atom stereocenters. The monoisotopic (exact) mass is 546 g/mol. The Morgan fingerprint density at radius 2 is 1.31 bits per heavy atom. The average Bonchev–Trinajstić information content (AvgIpc) is 2.85. The lowest BCUT2D eigenvalue weighted by Gasteiger charge is -2.24. The minimum atomic E-state index is -5.02. The number of aryl methyl sites for hydroxylation is 2. The Kier molecular flexibility index (Phi) is 7.10. The number of hydrogen-bond acceptors (Lipinski definition) is 2. The van der Waals surface area contributed by atoms with Gasteiger partial charge in [-0.05, 0) is 65.8 Å². The van der Waals surface area contributed by atoms with Crippen LogP contribution < -0.4 is 5.56 Å². The highest BCUT2D eigenvalue weighted by molar-refractivity contribution is 6.09. The fraction of sp³-hybridized carbons (Fsp3) is 0.241. The van der Waals surface area contributed by atoms with Crippen LogP contribution in [0.15, 0.2) is 65.5 Å². The topological polar surface area (TPSA) is 42.3 Å². The van der Waals surface area contributed by atoms with E-state index in [0.29, 0.717) is 34.0 Å². The van der Waals surface area contributed by atoms with E-state index < -0.39 is 41.5 Å². The van der Waals surface area contributed by atoms with Gasteiger partial charge in [-0.15, -0.1) is 0 Å². The van der Waals surface area contributed by atoms with Crippen LogP contribution in [0.1, 0.15) is 38.3 Å². The summed E-state index contributed by atoms with van der Waals surface area (Å²) in [4.78, 5) is 28.1. The van der Waals surface area contributed by atoms with Gasteiger partial charge in [-0.3, -0.25) is 9.59 Å². The number of amides is 1. The highest BCUT2D eigenvalue weighted by Gasteiger charge is 2.37. The third-order valence-electron chi connectivity index (χ3n) is 6.65. The zero-order valence-electron chi connectivity index (χ0n) is 21.5. The van der Waals surface area contributed by atoms with Crippen LogP contribution in [0.25, 0.3) is 21.9 Å². The molecule has 0 saturated carbocycles. The van der Waals surface area contributed by atoms with Crippen LogP contribution >= 0.6 is 0 Å². The number of hydrogen-bond donors (Lipinski definition) is 0. The first-order valence-corrected chi connectivity index (χ1v) is 11.8. The number of pyridine rings is 1. The van der Waals surface area contributed by atoms with Gasteiger partial charge < -0.3 is 9.47 Å². The van der Waals surface area contributed by atoms with Crippen molar-refractivity contribution < 1.29 is 31.1 Å². The number of alkyl halides is 6. The molecule has 4 rings (SSSR count). The average molecular weight is 547 g/mol. The molecule has 4 nitrogen and oxygen atoms in total. The van der Waals surface area contributed by atoms with Crippen LogP contribution in [0.5, 0.6) is 0 Å². The molecule has 0 fully saturated rings. The van der Waals surface area contributed by atoms with E-state index in [-0.39, 0.29) is 17.3 Å². The van der Waals surface area contributed by atoms with Gasteiger partial charge in [0.05, 0.1) is 11.1 Å². The van der Waals surface area contributed by atoms with Crippen molar-refractivity contribution in [2.24, 2.45) is 7.05 Å². The van der Waals surface area contributed by atoms with Gasteiger partial charge in [-0.1, -0.05) is 36.4 Å². The second-order valence-corrected chi connectivity index (χ2v) is 9.48. The molecule has 0 radical (unpaired) electrons. The van der Waals surface area contributed by atoms with Gasteiger partial charge in [0.2, 0.25) is 0 Å². The third-order valence-corrected chi connectivity index (χ3v) is 6.65. The van der Waals surface area contributed by atoms with Crippen molar-refractivity contribution in [3.8, 4) is 11.1 Å². The van der Waals surface area contributed by atoms with Crippen molar-refractivity contribution in [1.29, 1.82) is 0 Å². The second kappa shape index (κ2) is 9.91. The Bertz CT molecular complexity index is 1600. The van der Waals surface area contributed by atoms with E-state index in [1.165, 1.54) is 18.7 Å². The van der Waals surface area contributed by atoms with E-state index in [1.54, 1.807) is 24.3 Å². The number of aromatic nitrogens is 1. The maximum Gasteiger partial charge on any atom is 0.416 e. The summed E-state index contributed by atoms with van der Waals surface area (Å²) in [5.41, 5.74) is -0.971. The standard InChI is InChI=1S/C29H24F6N2O2/c1-16-8-7-9-17(2)23(16)24-21-10-5-6-11-22(21)26(38)37(4)25(24)27(39)36(3)15-18-12-19(28(30,31)32)14-20(13-18)29(33,34)35/h5-14H,15H2,1-4H3. The highest BCUT2D eigenvalue weighted by Crippen LogP contribution is 2.38. The molecule has 0 saturated heterocycles. The Hall–Kier alpha value is -4.08. The molecule has 0 bridgehead atoms. The SMILES string of the molecule is Cc1cccc(C)c1-c1c(C(=O)N(C)Cc2cc(C(F)(F)F)cc(C(F)(F)F)c2)n(C)c(=O)c2ccccc12. The van der Waals surface area contributed by atoms with E-state index in [9.17, 15) is 35.9 Å². The first-order chi connectivity index (χ1) is 18.1. The van der Waals surface area contributed by atoms with Crippen LogP contribution in [-0.4, -0.2) is 22.4 Å². The fourth-order valence-electron chi connectivity index (χ4n) is 4.81. The maximum atomic E-state index is 13.9. The molecular weight excluding hydrogens is 522 g/mol. The van der Waals surface area contributed by atoms with Crippen LogP contribution in [0.2, 0.25) is 0 Å². The van der Waals surface area contributed by atoms with Crippen LogP contribution in [0.3, 0.4) is 0 Å². The molecule has 10 heteroatoms. The normalized spacial score (nSPS) is 12.2. The predicted octanol–water partition coefficient (Wildman–Crippen LogP) is 7.13. The summed E-state index contributed by atoms with van der Waals surface area (Å²) in [5, 5.41) is 0.873. The van der Waals surface area contributed by atoms with Crippen LogP contribution in [-0.2, 0) is 25.9 Å². The van der Waals surface area contributed by atoms with Gasteiger partial charge in [0, 0.05) is 31.6 Å². The summed E-state index contributed by atoms with van der Waals surface area (Å²) in [6.07, 6.45) is -10.0. The van der Waals surface area contributed by atoms with Crippen molar-refractivity contribution in [1.82, 2.24) is 9.47 Å². The van der Waals surface area contributed by atoms with E-state index in [2.05, 4.69) is 0 Å². The molecule has 204 valence electrons. The zero-order chi connectivity index (χ0) is 28.9. The molecule has 0 N–H and O–H groups in total. The van der Waals surface area contributed by atoms with Crippen LogP contribution in [0, 0.1) is 13.8 Å². The molecule has 1 aromatic heterocycles. The van der Waals surface area contributed by atoms with Crippen molar-refractivity contribution in [2.45, 2.75) is 32.7 Å². The Morgan fingerprint density at radius 3 is 1.82 bits per heavy atom. The molecule has 0 aliphatic rings. The van der Waals surface area contributed by atoms with Crippen LogP contribution in [0.4, 0.5) is 26.3 Å². The number of benzene rings is 3. The number of halogens is 6. The number of fused-ring (bicyclic) bond motifs is 1. The van der Waals surface area contributed by atoms with Gasteiger partial charge in [0.1, 0.15) is 5.69 Å². The summed E-state index contributed by atoms with van der Waals surface area (Å²) in [5.74, 6) is -0.732. The minimum absolute atomic E-state index is 0.0263. The van der Waals surface area contributed by atoms with Gasteiger partial charge in [0.15, 0.2) is 0 Å². The van der Waals surface area contributed by atoms with Crippen molar-refractivity contribution in [3.05, 3.63) is 105 Å². The van der Waals surface area contributed by atoms with Crippen molar-refractivity contribution in [3.63, 3.8) is 0 Å². The van der Waals surface area contributed by atoms with E-state index in [1.807, 2.05) is 32.0 Å². The smallest absolute Gasteiger partial charge is 0.336 e. The lowest BCUT2D eigenvalue weighted by atomic mass is 9.90. The van der Waals surface area contributed by atoms with Gasteiger partial charge in [-0.2, -0.15) is 26.3 Å². The Balaban J connectivity index is 1.91. The zero-order valence-corrected chi connectivity index (χ0v) is 21.5. The van der Waals surface area contributed by atoms with Crippen molar-refractivity contribution in [2.75, 3.05) is 7.05 Å². The minimum Gasteiger partial charge on any atom is -0.336 e. The number of carbonyl (C=O) groups excluding carboxylic acids is 1. The maximum absolute atomic E-state index is 13.9. The molecule has 3 aromatic carbocycles. The van der Waals surface area contributed by atoms with Crippen molar-refractivity contribution >= 4 is 16.7 Å². The lowest BCUT2D eigenvalue weighted by Crippen LogP contribution is -2.33.